The first-order valence-corrected chi connectivity index (χ1v) is 9.30. The number of hydrogen-bond acceptors (Lipinski definition) is 2. The molecule has 0 bridgehead atoms. The van der Waals surface area contributed by atoms with Crippen LogP contribution in [0.15, 0.2) is 42.5 Å². The van der Waals surface area contributed by atoms with E-state index in [1.54, 1.807) is 18.2 Å². The first-order valence-electron chi connectivity index (χ1n) is 8.55. The summed E-state index contributed by atoms with van der Waals surface area (Å²) >= 11 is 12.0. The largest absolute Gasteiger partial charge is 0.326 e. The van der Waals surface area contributed by atoms with E-state index in [2.05, 4.69) is 41.4 Å². The van der Waals surface area contributed by atoms with Crippen molar-refractivity contribution in [2.45, 2.75) is 26.3 Å². The summed E-state index contributed by atoms with van der Waals surface area (Å²) in [5, 5.41) is 3.99. The van der Waals surface area contributed by atoms with Crippen molar-refractivity contribution in [2.24, 2.45) is 5.92 Å². The van der Waals surface area contributed by atoms with Crippen LogP contribution in [0.3, 0.4) is 0 Å². The molecular formula is C20H22Cl2N2O. The zero-order valence-corrected chi connectivity index (χ0v) is 15.8. The van der Waals surface area contributed by atoms with Crippen LogP contribution in [0.2, 0.25) is 10.0 Å². The lowest BCUT2D eigenvalue weighted by molar-refractivity contribution is -0.121. The molecule has 1 saturated heterocycles. The van der Waals surface area contributed by atoms with Crippen LogP contribution in [0.1, 0.15) is 24.0 Å². The van der Waals surface area contributed by atoms with Crippen molar-refractivity contribution in [3.63, 3.8) is 0 Å². The molecule has 2 aromatic rings. The van der Waals surface area contributed by atoms with E-state index in [9.17, 15) is 4.79 Å². The van der Waals surface area contributed by atoms with E-state index in [0.29, 0.717) is 15.7 Å². The topological polar surface area (TPSA) is 32.3 Å². The van der Waals surface area contributed by atoms with E-state index >= 15 is 0 Å². The number of rotatable bonds is 4. The maximum absolute atomic E-state index is 12.5. The summed E-state index contributed by atoms with van der Waals surface area (Å²) < 4.78 is 0. The van der Waals surface area contributed by atoms with Gasteiger partial charge in [0, 0.05) is 28.2 Å². The lowest BCUT2D eigenvalue weighted by atomic mass is 9.95. The summed E-state index contributed by atoms with van der Waals surface area (Å²) in [6, 6.07) is 13.6. The predicted octanol–water partition coefficient (Wildman–Crippen LogP) is 5.15. The number of benzene rings is 2. The standard InChI is InChI=1S/C20H22Cl2N2O/c1-14-4-2-3-5-16(14)13-24-8-6-15(7-9-24)20(25)23-19-11-17(21)10-18(22)12-19/h2-5,10-12,15H,6-9,13H2,1H3,(H,23,25). The number of nitrogens with one attached hydrogen (secondary N) is 1. The van der Waals surface area contributed by atoms with Gasteiger partial charge in [0.2, 0.25) is 5.91 Å². The van der Waals surface area contributed by atoms with Gasteiger partial charge in [-0.15, -0.1) is 0 Å². The quantitative estimate of drug-likeness (QED) is 0.799. The van der Waals surface area contributed by atoms with Crippen molar-refractivity contribution in [1.82, 2.24) is 4.90 Å². The molecule has 2 aromatic carbocycles. The highest BCUT2D eigenvalue weighted by molar-refractivity contribution is 6.35. The zero-order valence-electron chi connectivity index (χ0n) is 14.3. The molecule has 1 aliphatic rings. The van der Waals surface area contributed by atoms with Crippen molar-refractivity contribution in [2.75, 3.05) is 18.4 Å². The molecule has 132 valence electrons. The van der Waals surface area contributed by atoms with Crippen LogP contribution in [0.5, 0.6) is 0 Å². The highest BCUT2D eigenvalue weighted by Crippen LogP contribution is 2.25. The van der Waals surface area contributed by atoms with Gasteiger partial charge < -0.3 is 5.32 Å². The molecule has 3 rings (SSSR count). The first-order chi connectivity index (χ1) is 12.0. The molecular weight excluding hydrogens is 355 g/mol. The molecule has 1 aliphatic heterocycles. The van der Waals surface area contributed by atoms with Crippen molar-refractivity contribution in [1.29, 1.82) is 0 Å². The number of anilines is 1. The van der Waals surface area contributed by atoms with Gasteiger partial charge in [-0.2, -0.15) is 0 Å². The molecule has 0 unspecified atom stereocenters. The number of carbonyl (C=O) groups excluding carboxylic acids is 1. The SMILES string of the molecule is Cc1ccccc1CN1CCC(C(=O)Nc2cc(Cl)cc(Cl)c2)CC1. The summed E-state index contributed by atoms with van der Waals surface area (Å²) in [6.07, 6.45) is 1.73. The molecule has 3 nitrogen and oxygen atoms in total. The summed E-state index contributed by atoms with van der Waals surface area (Å²) in [5.74, 6) is 0.0831. The first kappa shape index (κ1) is 18.2. The third-order valence-corrected chi connectivity index (χ3v) is 5.18. The Bertz CT molecular complexity index is 735. The van der Waals surface area contributed by atoms with Gasteiger partial charge in [-0.25, -0.2) is 0 Å². The van der Waals surface area contributed by atoms with Crippen molar-refractivity contribution < 1.29 is 4.79 Å². The Morgan fingerprint density at radius 3 is 2.40 bits per heavy atom. The zero-order chi connectivity index (χ0) is 17.8. The molecule has 0 spiro atoms. The highest BCUT2D eigenvalue weighted by Gasteiger charge is 2.25. The molecule has 0 aromatic heterocycles. The summed E-state index contributed by atoms with van der Waals surface area (Å²) in [7, 11) is 0. The van der Waals surface area contributed by atoms with Crippen LogP contribution in [-0.2, 0) is 11.3 Å². The Hall–Kier alpha value is -1.55. The smallest absolute Gasteiger partial charge is 0.227 e. The van der Waals surface area contributed by atoms with Crippen LogP contribution >= 0.6 is 23.2 Å². The number of hydrogen-bond donors (Lipinski definition) is 1. The summed E-state index contributed by atoms with van der Waals surface area (Å²) in [5.41, 5.74) is 3.34. The Morgan fingerprint density at radius 2 is 1.76 bits per heavy atom. The molecule has 1 N–H and O–H groups in total. The molecule has 0 aliphatic carbocycles. The minimum Gasteiger partial charge on any atom is -0.326 e. The van der Waals surface area contributed by atoms with Crippen LogP contribution < -0.4 is 5.32 Å². The Morgan fingerprint density at radius 1 is 1.12 bits per heavy atom. The second-order valence-corrected chi connectivity index (χ2v) is 7.50. The van der Waals surface area contributed by atoms with Gasteiger partial charge in [-0.05, 0) is 62.2 Å². The lowest BCUT2D eigenvalue weighted by Crippen LogP contribution is -2.37. The average molecular weight is 377 g/mol. The Kier molecular flexibility index (Phi) is 6.00. The molecule has 25 heavy (non-hydrogen) atoms. The Balaban J connectivity index is 1.53. The lowest BCUT2D eigenvalue weighted by Gasteiger charge is -2.31. The molecule has 0 atom stereocenters. The molecule has 5 heteroatoms. The normalized spacial score (nSPS) is 16.0. The summed E-state index contributed by atoms with van der Waals surface area (Å²) in [6.45, 7) is 4.96. The predicted molar refractivity (Wildman–Crippen MR) is 104 cm³/mol. The molecule has 1 heterocycles. The molecule has 1 amide bonds. The number of likely N-dealkylation sites (tertiary alicyclic amines) is 1. The van der Waals surface area contributed by atoms with Gasteiger partial charge in [-0.1, -0.05) is 47.5 Å². The minimum absolute atomic E-state index is 0.0332. The van der Waals surface area contributed by atoms with Crippen molar-refractivity contribution in [3.05, 3.63) is 63.6 Å². The van der Waals surface area contributed by atoms with Gasteiger partial charge in [0.15, 0.2) is 0 Å². The van der Waals surface area contributed by atoms with Crippen molar-refractivity contribution >= 4 is 34.8 Å². The monoisotopic (exact) mass is 376 g/mol. The number of aryl methyl sites for hydroxylation is 1. The van der Waals surface area contributed by atoms with E-state index < -0.39 is 0 Å². The minimum atomic E-state index is 0.0332. The second kappa shape index (κ2) is 8.22. The van der Waals surface area contributed by atoms with Gasteiger partial charge in [-0.3, -0.25) is 9.69 Å². The number of amides is 1. The van der Waals surface area contributed by atoms with Crippen LogP contribution in [0, 0.1) is 12.8 Å². The van der Waals surface area contributed by atoms with E-state index in [1.807, 2.05) is 0 Å². The van der Waals surface area contributed by atoms with Crippen LogP contribution in [0.4, 0.5) is 5.69 Å². The van der Waals surface area contributed by atoms with E-state index in [1.165, 1.54) is 11.1 Å². The fourth-order valence-electron chi connectivity index (χ4n) is 3.25. The van der Waals surface area contributed by atoms with Gasteiger partial charge in [0.1, 0.15) is 0 Å². The van der Waals surface area contributed by atoms with Crippen LogP contribution in [-0.4, -0.2) is 23.9 Å². The number of piperidine rings is 1. The molecule has 0 saturated carbocycles. The third-order valence-electron chi connectivity index (χ3n) is 4.74. The van der Waals surface area contributed by atoms with Crippen molar-refractivity contribution in [3.8, 4) is 0 Å². The average Bonchev–Trinajstić information content (AvgIpc) is 2.56. The fourth-order valence-corrected chi connectivity index (χ4v) is 3.78. The van der Waals surface area contributed by atoms with E-state index in [-0.39, 0.29) is 11.8 Å². The van der Waals surface area contributed by atoms with Gasteiger partial charge >= 0.3 is 0 Å². The Labute approximate surface area is 158 Å². The third kappa shape index (κ3) is 4.97. The van der Waals surface area contributed by atoms with Gasteiger partial charge in [0.25, 0.3) is 0 Å². The van der Waals surface area contributed by atoms with Gasteiger partial charge in [0.05, 0.1) is 0 Å². The number of carbonyl (C=O) groups is 1. The number of halogens is 2. The second-order valence-electron chi connectivity index (χ2n) is 6.62. The fraction of sp³-hybridized carbons (Fsp3) is 0.350. The maximum Gasteiger partial charge on any atom is 0.227 e. The number of nitrogens with zero attached hydrogens (tertiary/aromatic N) is 1. The highest BCUT2D eigenvalue weighted by atomic mass is 35.5. The maximum atomic E-state index is 12.5. The molecule has 1 fully saturated rings. The summed E-state index contributed by atoms with van der Waals surface area (Å²) in [4.78, 5) is 14.9. The van der Waals surface area contributed by atoms with Crippen LogP contribution in [0.25, 0.3) is 0 Å². The van der Waals surface area contributed by atoms with E-state index in [0.717, 1.165) is 32.5 Å². The van der Waals surface area contributed by atoms with E-state index in [4.69, 9.17) is 23.2 Å². The molecule has 0 radical (unpaired) electrons.